The van der Waals surface area contributed by atoms with Crippen LogP contribution in [0.15, 0.2) is 24.3 Å². The summed E-state index contributed by atoms with van der Waals surface area (Å²) in [6.07, 6.45) is -2.81. The maximum Gasteiger partial charge on any atom is 0.416 e. The second-order valence-electron chi connectivity index (χ2n) is 4.74. The molecular weight excluding hydrogens is 299 g/mol. The number of carbonyl (C=O) groups is 1. The van der Waals surface area contributed by atoms with Crippen molar-refractivity contribution in [2.24, 2.45) is 0 Å². The number of aromatic nitrogens is 3. The van der Waals surface area contributed by atoms with Crippen LogP contribution in [0.3, 0.4) is 0 Å². The van der Waals surface area contributed by atoms with E-state index in [1.807, 2.05) is 6.92 Å². The molecule has 0 bridgehead atoms. The molecule has 1 aromatic carbocycles. The summed E-state index contributed by atoms with van der Waals surface area (Å²) in [5, 5.41) is 16.5. The molecule has 1 aromatic heterocycles. The zero-order valence-corrected chi connectivity index (χ0v) is 11.8. The van der Waals surface area contributed by atoms with Crippen molar-refractivity contribution in [2.45, 2.75) is 32.5 Å². The molecule has 0 fully saturated rings. The van der Waals surface area contributed by atoms with Crippen molar-refractivity contribution in [3.05, 3.63) is 35.5 Å². The second kappa shape index (κ2) is 6.17. The molecule has 1 heterocycles. The standard InChI is InChI=1S/C14H14F3N3O2/c1-2-3-8-20-12(11(13(21)22)18-19-20)9-4-6-10(7-5-9)14(15,16)17/h4-7H,2-3,8H2,1H3,(H,21,22). The van der Waals surface area contributed by atoms with E-state index in [9.17, 15) is 18.0 Å². The fourth-order valence-corrected chi connectivity index (χ4v) is 2.02. The van der Waals surface area contributed by atoms with E-state index in [2.05, 4.69) is 10.3 Å². The van der Waals surface area contributed by atoms with E-state index in [1.54, 1.807) is 0 Å². The third kappa shape index (κ3) is 3.26. The number of halogens is 3. The summed E-state index contributed by atoms with van der Waals surface area (Å²) >= 11 is 0. The molecule has 22 heavy (non-hydrogen) atoms. The van der Waals surface area contributed by atoms with Crippen molar-refractivity contribution in [1.82, 2.24) is 15.0 Å². The first-order chi connectivity index (χ1) is 10.3. The van der Waals surface area contributed by atoms with Gasteiger partial charge in [0.15, 0.2) is 5.69 Å². The highest BCUT2D eigenvalue weighted by Gasteiger charge is 2.30. The zero-order chi connectivity index (χ0) is 16.3. The molecule has 0 saturated heterocycles. The monoisotopic (exact) mass is 313 g/mol. The minimum atomic E-state index is -4.44. The van der Waals surface area contributed by atoms with Gasteiger partial charge in [-0.3, -0.25) is 0 Å². The Bertz CT molecular complexity index is 663. The van der Waals surface area contributed by atoms with Crippen LogP contribution >= 0.6 is 0 Å². The van der Waals surface area contributed by atoms with Gasteiger partial charge in [0.05, 0.1) is 5.56 Å². The van der Waals surface area contributed by atoms with Crippen molar-refractivity contribution < 1.29 is 23.1 Å². The van der Waals surface area contributed by atoms with Gasteiger partial charge in [-0.15, -0.1) is 5.10 Å². The molecule has 1 N–H and O–H groups in total. The molecule has 5 nitrogen and oxygen atoms in total. The highest BCUT2D eigenvalue weighted by atomic mass is 19.4. The molecule has 2 rings (SSSR count). The largest absolute Gasteiger partial charge is 0.476 e. The molecule has 0 aliphatic heterocycles. The third-order valence-electron chi connectivity index (χ3n) is 3.15. The molecule has 2 aromatic rings. The van der Waals surface area contributed by atoms with Crippen molar-refractivity contribution in [2.75, 3.05) is 0 Å². The number of hydrogen-bond acceptors (Lipinski definition) is 3. The van der Waals surface area contributed by atoms with E-state index in [1.165, 1.54) is 16.8 Å². The molecule has 0 unspecified atom stereocenters. The highest BCUT2D eigenvalue weighted by Crippen LogP contribution is 2.31. The average molecular weight is 313 g/mol. The lowest BCUT2D eigenvalue weighted by Crippen LogP contribution is -2.07. The lowest BCUT2D eigenvalue weighted by molar-refractivity contribution is -0.137. The Kier molecular flexibility index (Phi) is 4.48. The summed E-state index contributed by atoms with van der Waals surface area (Å²) < 4.78 is 39.2. The third-order valence-corrected chi connectivity index (χ3v) is 3.15. The van der Waals surface area contributed by atoms with Gasteiger partial charge in [0, 0.05) is 12.1 Å². The number of hydrogen-bond donors (Lipinski definition) is 1. The summed E-state index contributed by atoms with van der Waals surface area (Å²) in [6.45, 7) is 2.42. The zero-order valence-electron chi connectivity index (χ0n) is 11.8. The Morgan fingerprint density at radius 2 is 1.91 bits per heavy atom. The predicted molar refractivity (Wildman–Crippen MR) is 72.3 cm³/mol. The highest BCUT2D eigenvalue weighted by molar-refractivity contribution is 5.92. The Labute approximate surface area is 124 Å². The van der Waals surface area contributed by atoms with Crippen molar-refractivity contribution in [3.8, 4) is 11.3 Å². The summed E-state index contributed by atoms with van der Waals surface area (Å²) in [7, 11) is 0. The summed E-state index contributed by atoms with van der Waals surface area (Å²) in [5.74, 6) is -1.27. The molecule has 118 valence electrons. The van der Waals surface area contributed by atoms with Gasteiger partial charge in [0.1, 0.15) is 5.69 Å². The maximum atomic E-state index is 12.6. The number of alkyl halides is 3. The van der Waals surface area contributed by atoms with Crippen LogP contribution in [0.1, 0.15) is 35.8 Å². The fraction of sp³-hybridized carbons (Fsp3) is 0.357. The van der Waals surface area contributed by atoms with Crippen LogP contribution in [-0.4, -0.2) is 26.1 Å². The van der Waals surface area contributed by atoms with Gasteiger partial charge in [-0.25, -0.2) is 9.48 Å². The summed E-state index contributed by atoms with van der Waals surface area (Å²) in [4.78, 5) is 11.2. The molecule has 8 heteroatoms. The van der Waals surface area contributed by atoms with Crippen LogP contribution in [-0.2, 0) is 12.7 Å². The van der Waals surface area contributed by atoms with E-state index in [-0.39, 0.29) is 11.4 Å². The Hall–Kier alpha value is -2.38. The number of aromatic carboxylic acids is 1. The van der Waals surface area contributed by atoms with E-state index >= 15 is 0 Å². The normalized spacial score (nSPS) is 11.6. The number of benzene rings is 1. The number of carboxylic acid groups (broad SMARTS) is 1. The Morgan fingerprint density at radius 1 is 1.27 bits per heavy atom. The molecule has 0 aliphatic carbocycles. The van der Waals surface area contributed by atoms with Crippen LogP contribution in [0.2, 0.25) is 0 Å². The first kappa shape index (κ1) is 16.0. The number of rotatable bonds is 5. The van der Waals surface area contributed by atoms with Crippen LogP contribution in [0.5, 0.6) is 0 Å². The topological polar surface area (TPSA) is 68.0 Å². The smallest absolute Gasteiger partial charge is 0.416 e. The van der Waals surface area contributed by atoms with Gasteiger partial charge < -0.3 is 5.11 Å². The number of aryl methyl sites for hydroxylation is 1. The minimum absolute atomic E-state index is 0.217. The van der Waals surface area contributed by atoms with Gasteiger partial charge in [-0.2, -0.15) is 13.2 Å². The number of unbranched alkanes of at least 4 members (excludes halogenated alkanes) is 1. The van der Waals surface area contributed by atoms with E-state index in [0.29, 0.717) is 12.1 Å². The summed E-state index contributed by atoms with van der Waals surface area (Å²) in [6, 6.07) is 4.29. The second-order valence-corrected chi connectivity index (χ2v) is 4.74. The maximum absolute atomic E-state index is 12.6. The Morgan fingerprint density at radius 3 is 2.41 bits per heavy atom. The number of carboxylic acids is 1. The molecular formula is C14H14F3N3O2. The van der Waals surface area contributed by atoms with Gasteiger partial charge in [-0.05, 0) is 18.6 Å². The first-order valence-corrected chi connectivity index (χ1v) is 6.69. The quantitative estimate of drug-likeness (QED) is 0.918. The van der Waals surface area contributed by atoms with Crippen LogP contribution in [0.25, 0.3) is 11.3 Å². The van der Waals surface area contributed by atoms with Gasteiger partial charge in [0.2, 0.25) is 0 Å². The fourth-order valence-electron chi connectivity index (χ4n) is 2.02. The van der Waals surface area contributed by atoms with Crippen molar-refractivity contribution in [3.63, 3.8) is 0 Å². The first-order valence-electron chi connectivity index (χ1n) is 6.69. The molecule has 0 spiro atoms. The molecule has 0 radical (unpaired) electrons. The lowest BCUT2D eigenvalue weighted by Gasteiger charge is -2.09. The van der Waals surface area contributed by atoms with Gasteiger partial charge >= 0.3 is 12.1 Å². The van der Waals surface area contributed by atoms with Crippen molar-refractivity contribution >= 4 is 5.97 Å². The van der Waals surface area contributed by atoms with E-state index in [0.717, 1.165) is 25.0 Å². The van der Waals surface area contributed by atoms with Crippen LogP contribution < -0.4 is 0 Å². The average Bonchev–Trinajstić information content (AvgIpc) is 2.88. The minimum Gasteiger partial charge on any atom is -0.476 e. The van der Waals surface area contributed by atoms with E-state index < -0.39 is 17.7 Å². The predicted octanol–water partition coefficient (Wildman–Crippen LogP) is 3.46. The lowest BCUT2D eigenvalue weighted by atomic mass is 10.1. The van der Waals surface area contributed by atoms with Gasteiger partial charge in [-0.1, -0.05) is 30.7 Å². The van der Waals surface area contributed by atoms with Crippen molar-refractivity contribution in [1.29, 1.82) is 0 Å². The van der Waals surface area contributed by atoms with Crippen LogP contribution in [0.4, 0.5) is 13.2 Å². The van der Waals surface area contributed by atoms with Gasteiger partial charge in [0.25, 0.3) is 0 Å². The Balaban J connectivity index is 2.45. The molecule has 0 saturated carbocycles. The number of nitrogens with zero attached hydrogens (tertiary/aromatic N) is 3. The van der Waals surface area contributed by atoms with Crippen LogP contribution in [0, 0.1) is 0 Å². The summed E-state index contributed by atoms with van der Waals surface area (Å²) in [5.41, 5.74) is -0.502. The van der Waals surface area contributed by atoms with E-state index in [4.69, 9.17) is 5.11 Å². The molecule has 0 atom stereocenters. The SMILES string of the molecule is CCCCn1nnc(C(=O)O)c1-c1ccc(C(F)(F)F)cc1. The molecule has 0 aliphatic rings. The molecule has 0 amide bonds.